The number of benzene rings is 1. The summed E-state index contributed by atoms with van der Waals surface area (Å²) in [6.07, 6.45) is 4.55. The Hall–Kier alpha value is -0.770. The van der Waals surface area contributed by atoms with E-state index in [2.05, 4.69) is 38.9 Å². The topological polar surface area (TPSA) is 32.7 Å². The van der Waals surface area contributed by atoms with Crippen LogP contribution in [-0.2, 0) is 5.60 Å². The first-order valence-corrected chi connectivity index (χ1v) is 8.34. The number of fused-ring (bicyclic) bond motifs is 2. The van der Waals surface area contributed by atoms with Crippen LogP contribution in [0.1, 0.15) is 43.7 Å². The Balaban J connectivity index is 0.00000192. The second kappa shape index (κ2) is 6.27. The molecule has 23 heavy (non-hydrogen) atoms. The first kappa shape index (κ1) is 18.6. The number of rotatable bonds is 3. The number of methoxy groups -OCH3 is 1. The molecule has 2 aliphatic rings. The molecule has 3 nitrogen and oxygen atoms in total. The Bertz CT molecular complexity index is 576. The summed E-state index contributed by atoms with van der Waals surface area (Å²) in [7, 11) is 5.90. The first-order chi connectivity index (χ1) is 10.3. The summed E-state index contributed by atoms with van der Waals surface area (Å²) in [5.41, 5.74) is 1.59. The highest BCUT2D eigenvalue weighted by Crippen LogP contribution is 2.59. The van der Waals surface area contributed by atoms with E-state index in [1.165, 1.54) is 19.3 Å². The van der Waals surface area contributed by atoms with Gasteiger partial charge in [0.05, 0.1) is 7.11 Å². The van der Waals surface area contributed by atoms with Crippen LogP contribution in [0.5, 0.6) is 5.75 Å². The molecule has 0 saturated heterocycles. The zero-order valence-electron chi connectivity index (χ0n) is 14.9. The number of aryl methyl sites for hydroxylation is 1. The summed E-state index contributed by atoms with van der Waals surface area (Å²) >= 11 is 0. The highest BCUT2D eigenvalue weighted by molar-refractivity contribution is 5.85. The van der Waals surface area contributed by atoms with Gasteiger partial charge < -0.3 is 14.7 Å². The van der Waals surface area contributed by atoms with E-state index in [4.69, 9.17) is 4.74 Å². The van der Waals surface area contributed by atoms with Crippen molar-refractivity contribution in [1.29, 1.82) is 0 Å². The lowest BCUT2D eigenvalue weighted by atomic mass is 9.62. The predicted molar refractivity (Wildman–Crippen MR) is 96.4 cm³/mol. The average Bonchev–Trinajstić information content (AvgIpc) is 2.74. The van der Waals surface area contributed by atoms with Crippen LogP contribution in [0.25, 0.3) is 0 Å². The van der Waals surface area contributed by atoms with Gasteiger partial charge in [0.15, 0.2) is 0 Å². The van der Waals surface area contributed by atoms with Crippen molar-refractivity contribution in [3.63, 3.8) is 0 Å². The van der Waals surface area contributed by atoms with Crippen LogP contribution in [0.3, 0.4) is 0 Å². The van der Waals surface area contributed by atoms with Crippen LogP contribution < -0.4 is 4.74 Å². The molecule has 130 valence electrons. The van der Waals surface area contributed by atoms with E-state index < -0.39 is 5.60 Å². The van der Waals surface area contributed by atoms with Gasteiger partial charge in [0.2, 0.25) is 0 Å². The Morgan fingerprint density at radius 2 is 1.96 bits per heavy atom. The lowest BCUT2D eigenvalue weighted by Crippen LogP contribution is -2.58. The standard InChI is InChI=1S/C19H29NO2.ClH/c1-13-6-7-15(22-5)10-16(13)19(21)12-14-8-9-18(2,11-14)17(19)20(3)4;/h6-7,10,14,17,21H,8-9,11-12H2,1-5H3;1H. The summed E-state index contributed by atoms with van der Waals surface area (Å²) in [4.78, 5) is 2.24. The molecule has 3 rings (SSSR count). The van der Waals surface area contributed by atoms with Gasteiger partial charge in [-0.05, 0) is 81.3 Å². The summed E-state index contributed by atoms with van der Waals surface area (Å²) in [5, 5.41) is 11.8. The SMILES string of the molecule is COc1ccc(C)c(C2(O)CC3CCC(C)(C3)C2N(C)C)c1.Cl. The zero-order chi connectivity index (χ0) is 16.1. The van der Waals surface area contributed by atoms with Crippen molar-refractivity contribution in [2.75, 3.05) is 21.2 Å². The largest absolute Gasteiger partial charge is 0.497 e. The number of hydrogen-bond donors (Lipinski definition) is 1. The molecule has 2 fully saturated rings. The lowest BCUT2D eigenvalue weighted by molar-refractivity contribution is -0.121. The number of aliphatic hydroxyl groups is 1. The van der Waals surface area contributed by atoms with Crippen LogP contribution in [0.2, 0.25) is 0 Å². The molecule has 0 spiro atoms. The minimum atomic E-state index is -0.795. The number of halogens is 1. The van der Waals surface area contributed by atoms with E-state index in [0.717, 1.165) is 23.3 Å². The summed E-state index contributed by atoms with van der Waals surface area (Å²) in [6, 6.07) is 6.23. The van der Waals surface area contributed by atoms with Crippen LogP contribution in [0.4, 0.5) is 0 Å². The third kappa shape index (κ3) is 2.88. The molecule has 2 aliphatic carbocycles. The Kier molecular flexibility index (Phi) is 5.06. The molecular weight excluding hydrogens is 310 g/mol. The van der Waals surface area contributed by atoms with Gasteiger partial charge in [0, 0.05) is 6.04 Å². The Labute approximate surface area is 146 Å². The monoisotopic (exact) mass is 339 g/mol. The van der Waals surface area contributed by atoms with Crippen molar-refractivity contribution >= 4 is 12.4 Å². The lowest BCUT2D eigenvalue weighted by Gasteiger charge is -2.53. The molecule has 0 aliphatic heterocycles. The summed E-state index contributed by atoms with van der Waals surface area (Å²) < 4.78 is 5.41. The van der Waals surface area contributed by atoms with Crippen LogP contribution >= 0.6 is 12.4 Å². The highest BCUT2D eigenvalue weighted by atomic mass is 35.5. The average molecular weight is 340 g/mol. The van der Waals surface area contributed by atoms with Crippen molar-refractivity contribution in [2.45, 2.75) is 51.2 Å². The fourth-order valence-electron chi connectivity index (χ4n) is 5.45. The van der Waals surface area contributed by atoms with E-state index in [1.807, 2.05) is 12.1 Å². The quantitative estimate of drug-likeness (QED) is 0.910. The van der Waals surface area contributed by atoms with Crippen LogP contribution in [0, 0.1) is 18.3 Å². The molecule has 1 N–H and O–H groups in total. The number of hydrogen-bond acceptors (Lipinski definition) is 3. The number of nitrogens with zero attached hydrogens (tertiary/aromatic N) is 1. The van der Waals surface area contributed by atoms with E-state index in [9.17, 15) is 5.11 Å². The minimum Gasteiger partial charge on any atom is -0.497 e. The maximum absolute atomic E-state index is 11.8. The minimum absolute atomic E-state index is 0. The smallest absolute Gasteiger partial charge is 0.119 e. The fraction of sp³-hybridized carbons (Fsp3) is 0.684. The second-order valence-corrected chi connectivity index (χ2v) is 7.94. The Morgan fingerprint density at radius 1 is 1.26 bits per heavy atom. The normalized spacial score (nSPS) is 36.0. The highest BCUT2D eigenvalue weighted by Gasteiger charge is 2.58. The molecule has 0 amide bonds. The molecule has 1 aromatic carbocycles. The third-order valence-electron chi connectivity index (χ3n) is 6.02. The van der Waals surface area contributed by atoms with E-state index in [0.29, 0.717) is 5.92 Å². The molecule has 4 unspecified atom stereocenters. The molecule has 2 saturated carbocycles. The molecular formula is C19H30ClNO2. The van der Waals surface area contributed by atoms with E-state index in [1.54, 1.807) is 7.11 Å². The van der Waals surface area contributed by atoms with Crippen molar-refractivity contribution in [3.8, 4) is 5.75 Å². The van der Waals surface area contributed by atoms with Crippen molar-refractivity contribution < 1.29 is 9.84 Å². The first-order valence-electron chi connectivity index (χ1n) is 8.34. The fourth-order valence-corrected chi connectivity index (χ4v) is 5.45. The van der Waals surface area contributed by atoms with Gasteiger partial charge in [0.25, 0.3) is 0 Å². The van der Waals surface area contributed by atoms with Gasteiger partial charge in [-0.15, -0.1) is 12.4 Å². The zero-order valence-corrected chi connectivity index (χ0v) is 15.7. The van der Waals surface area contributed by atoms with E-state index >= 15 is 0 Å². The number of likely N-dealkylation sites (N-methyl/N-ethyl adjacent to an activating group) is 1. The summed E-state index contributed by atoms with van der Waals surface area (Å²) in [5.74, 6) is 1.46. The Morgan fingerprint density at radius 3 is 2.57 bits per heavy atom. The van der Waals surface area contributed by atoms with Gasteiger partial charge in [-0.2, -0.15) is 0 Å². The van der Waals surface area contributed by atoms with Gasteiger partial charge >= 0.3 is 0 Å². The molecule has 0 heterocycles. The van der Waals surface area contributed by atoms with Crippen LogP contribution in [-0.4, -0.2) is 37.3 Å². The second-order valence-electron chi connectivity index (χ2n) is 7.94. The molecule has 2 bridgehead atoms. The van der Waals surface area contributed by atoms with Crippen molar-refractivity contribution in [1.82, 2.24) is 4.90 Å². The van der Waals surface area contributed by atoms with Crippen molar-refractivity contribution in [3.05, 3.63) is 29.3 Å². The molecule has 4 atom stereocenters. The van der Waals surface area contributed by atoms with Crippen LogP contribution in [0.15, 0.2) is 18.2 Å². The molecule has 1 aromatic rings. The summed E-state index contributed by atoms with van der Waals surface area (Å²) in [6.45, 7) is 4.45. The maximum atomic E-state index is 11.8. The molecule has 0 radical (unpaired) electrons. The van der Waals surface area contributed by atoms with Gasteiger partial charge in [-0.1, -0.05) is 13.0 Å². The molecule has 4 heteroatoms. The third-order valence-corrected chi connectivity index (χ3v) is 6.02. The van der Waals surface area contributed by atoms with Gasteiger partial charge in [0.1, 0.15) is 11.4 Å². The molecule has 0 aromatic heterocycles. The predicted octanol–water partition coefficient (Wildman–Crippen LogP) is 3.75. The van der Waals surface area contributed by atoms with Gasteiger partial charge in [-0.25, -0.2) is 0 Å². The van der Waals surface area contributed by atoms with E-state index in [-0.39, 0.29) is 23.9 Å². The van der Waals surface area contributed by atoms with Crippen molar-refractivity contribution in [2.24, 2.45) is 11.3 Å². The van der Waals surface area contributed by atoms with Gasteiger partial charge in [-0.3, -0.25) is 0 Å². The maximum Gasteiger partial charge on any atom is 0.119 e. The number of ether oxygens (including phenoxy) is 1.